The van der Waals surface area contributed by atoms with Gasteiger partial charge < -0.3 is 15.8 Å². The van der Waals surface area contributed by atoms with Crippen molar-refractivity contribution in [3.8, 4) is 11.8 Å². The van der Waals surface area contributed by atoms with Gasteiger partial charge in [0.1, 0.15) is 6.54 Å². The van der Waals surface area contributed by atoms with E-state index in [-0.39, 0.29) is 19.0 Å². The highest BCUT2D eigenvalue weighted by Crippen LogP contribution is 2.14. The Morgan fingerprint density at radius 3 is 2.94 bits per heavy atom. The highest BCUT2D eigenvalue weighted by molar-refractivity contribution is 7.14. The summed E-state index contributed by atoms with van der Waals surface area (Å²) in [5, 5.41) is 2.48. The molecule has 0 unspecified atom stereocenters. The maximum absolute atomic E-state index is 11.7. The number of carbonyl (C=O) groups excluding carboxylic acids is 2. The molecule has 1 aromatic heterocycles. The number of hydrogen-bond acceptors (Lipinski definition) is 5. The van der Waals surface area contributed by atoms with Crippen LogP contribution in [0.4, 0.5) is 0 Å². The van der Waals surface area contributed by atoms with Crippen molar-refractivity contribution >= 4 is 23.2 Å². The Kier molecular flexibility index (Phi) is 5.91. The quantitative estimate of drug-likeness (QED) is 0.608. The summed E-state index contributed by atoms with van der Waals surface area (Å²) in [6.45, 7) is 2.16. The van der Waals surface area contributed by atoms with Crippen LogP contribution in [0.15, 0.2) is 12.1 Å². The molecule has 0 atom stereocenters. The fourth-order valence-corrected chi connectivity index (χ4v) is 1.91. The number of rotatable bonds is 4. The third-order valence-corrected chi connectivity index (χ3v) is 2.84. The fraction of sp³-hybridized carbons (Fsp3) is 0.333. The molecule has 0 fully saturated rings. The lowest BCUT2D eigenvalue weighted by Gasteiger charge is -2.02. The molecule has 0 saturated carbocycles. The topological polar surface area (TPSA) is 81.4 Å². The van der Waals surface area contributed by atoms with Gasteiger partial charge in [0.05, 0.1) is 22.9 Å². The van der Waals surface area contributed by atoms with Crippen LogP contribution in [0.1, 0.15) is 21.5 Å². The zero-order valence-corrected chi connectivity index (χ0v) is 10.8. The molecule has 1 aromatic rings. The lowest BCUT2D eigenvalue weighted by atomic mass is 10.4. The van der Waals surface area contributed by atoms with Crippen LogP contribution in [0, 0.1) is 11.8 Å². The maximum atomic E-state index is 11.7. The molecular formula is C12H14N2O3S. The Bertz CT molecular complexity index is 485. The summed E-state index contributed by atoms with van der Waals surface area (Å²) in [4.78, 5) is 24.0. The van der Waals surface area contributed by atoms with Crippen LogP contribution >= 0.6 is 11.3 Å². The smallest absolute Gasteiger partial charge is 0.325 e. The minimum absolute atomic E-state index is 0.131. The number of nitrogens with one attached hydrogen (secondary N) is 1. The Morgan fingerprint density at radius 1 is 1.50 bits per heavy atom. The largest absolute Gasteiger partial charge is 0.465 e. The van der Waals surface area contributed by atoms with Crippen molar-refractivity contribution in [2.45, 2.75) is 6.92 Å². The van der Waals surface area contributed by atoms with E-state index in [1.165, 1.54) is 11.3 Å². The van der Waals surface area contributed by atoms with Gasteiger partial charge in [0, 0.05) is 0 Å². The van der Waals surface area contributed by atoms with Gasteiger partial charge in [-0.2, -0.15) is 0 Å². The third-order valence-electron chi connectivity index (χ3n) is 1.84. The van der Waals surface area contributed by atoms with Crippen LogP contribution < -0.4 is 11.1 Å². The monoisotopic (exact) mass is 266 g/mol. The molecule has 0 spiro atoms. The van der Waals surface area contributed by atoms with Crippen molar-refractivity contribution in [1.29, 1.82) is 0 Å². The molecule has 6 heteroatoms. The second kappa shape index (κ2) is 7.48. The van der Waals surface area contributed by atoms with E-state index >= 15 is 0 Å². The lowest BCUT2D eigenvalue weighted by molar-refractivity contribution is -0.141. The van der Waals surface area contributed by atoms with Crippen molar-refractivity contribution in [1.82, 2.24) is 5.32 Å². The van der Waals surface area contributed by atoms with E-state index in [0.717, 1.165) is 4.88 Å². The van der Waals surface area contributed by atoms with Crippen LogP contribution in [0.25, 0.3) is 0 Å². The molecule has 96 valence electrons. The molecule has 0 aliphatic rings. The van der Waals surface area contributed by atoms with Gasteiger partial charge in [-0.05, 0) is 19.1 Å². The fourth-order valence-electron chi connectivity index (χ4n) is 1.12. The zero-order valence-electron chi connectivity index (χ0n) is 9.99. The highest BCUT2D eigenvalue weighted by Gasteiger charge is 2.10. The van der Waals surface area contributed by atoms with E-state index in [0.29, 0.717) is 11.5 Å². The summed E-state index contributed by atoms with van der Waals surface area (Å²) >= 11 is 1.25. The van der Waals surface area contributed by atoms with Crippen molar-refractivity contribution in [3.63, 3.8) is 0 Å². The van der Waals surface area contributed by atoms with Crippen LogP contribution in [-0.2, 0) is 9.53 Å². The minimum atomic E-state index is -0.453. The third kappa shape index (κ3) is 4.57. The van der Waals surface area contributed by atoms with Gasteiger partial charge in [-0.3, -0.25) is 9.59 Å². The van der Waals surface area contributed by atoms with Gasteiger partial charge in [0.25, 0.3) is 5.91 Å². The van der Waals surface area contributed by atoms with Crippen molar-refractivity contribution in [2.24, 2.45) is 5.73 Å². The summed E-state index contributed by atoms with van der Waals surface area (Å²) in [6.07, 6.45) is 0. The number of thiophene rings is 1. The van der Waals surface area contributed by atoms with Crippen LogP contribution in [0.5, 0.6) is 0 Å². The number of esters is 1. The normalized spacial score (nSPS) is 9.22. The first kappa shape index (κ1) is 14.2. The van der Waals surface area contributed by atoms with Crippen LogP contribution in [0.2, 0.25) is 0 Å². The number of ether oxygens (including phenoxy) is 1. The molecular weight excluding hydrogens is 252 g/mol. The summed E-state index contributed by atoms with van der Waals surface area (Å²) < 4.78 is 4.70. The molecule has 0 bridgehead atoms. The Labute approximate surface area is 109 Å². The first-order valence-corrected chi connectivity index (χ1v) is 6.21. The first-order valence-electron chi connectivity index (χ1n) is 5.40. The molecule has 3 N–H and O–H groups in total. The van der Waals surface area contributed by atoms with E-state index in [2.05, 4.69) is 17.2 Å². The van der Waals surface area contributed by atoms with Gasteiger partial charge >= 0.3 is 5.97 Å². The SMILES string of the molecule is CCOC(=O)CNC(=O)c1ccc(C#CCN)s1. The van der Waals surface area contributed by atoms with Gasteiger partial charge in [-0.1, -0.05) is 11.8 Å². The molecule has 0 radical (unpaired) electrons. The second-order valence-corrected chi connectivity index (χ2v) is 4.24. The van der Waals surface area contributed by atoms with E-state index in [1.54, 1.807) is 19.1 Å². The van der Waals surface area contributed by atoms with E-state index < -0.39 is 5.97 Å². The first-order chi connectivity index (χ1) is 8.67. The molecule has 0 aliphatic carbocycles. The van der Waals surface area contributed by atoms with E-state index in [1.807, 2.05) is 0 Å². The number of amides is 1. The van der Waals surface area contributed by atoms with Gasteiger partial charge in [0.2, 0.25) is 0 Å². The van der Waals surface area contributed by atoms with Crippen LogP contribution in [-0.4, -0.2) is 31.6 Å². The van der Waals surface area contributed by atoms with E-state index in [9.17, 15) is 9.59 Å². The van der Waals surface area contributed by atoms with Crippen molar-refractivity contribution < 1.29 is 14.3 Å². The average molecular weight is 266 g/mol. The van der Waals surface area contributed by atoms with Crippen LogP contribution in [0.3, 0.4) is 0 Å². The predicted molar refractivity (Wildman–Crippen MR) is 69.2 cm³/mol. The molecule has 18 heavy (non-hydrogen) atoms. The standard InChI is InChI=1S/C12H14N2O3S/c1-2-17-11(15)8-14-12(16)10-6-5-9(18-10)4-3-7-13/h5-6H,2,7-8,13H2,1H3,(H,14,16). The Morgan fingerprint density at radius 2 is 2.28 bits per heavy atom. The van der Waals surface area contributed by atoms with Gasteiger partial charge in [-0.15, -0.1) is 11.3 Å². The Hall–Kier alpha value is -1.84. The lowest BCUT2D eigenvalue weighted by Crippen LogP contribution is -2.30. The molecule has 1 heterocycles. The Balaban J connectivity index is 2.51. The van der Waals surface area contributed by atoms with E-state index in [4.69, 9.17) is 10.5 Å². The second-order valence-electron chi connectivity index (χ2n) is 3.16. The van der Waals surface area contributed by atoms with Crippen molar-refractivity contribution in [3.05, 3.63) is 21.9 Å². The summed E-state index contributed by atoms with van der Waals surface area (Å²) in [5.74, 6) is 4.78. The molecule has 0 aromatic carbocycles. The predicted octanol–water partition coefficient (Wildman–Crippen LogP) is 0.351. The summed E-state index contributed by atoms with van der Waals surface area (Å²) in [5.41, 5.74) is 5.25. The molecule has 1 rings (SSSR count). The van der Waals surface area contributed by atoms with Crippen molar-refractivity contribution in [2.75, 3.05) is 19.7 Å². The van der Waals surface area contributed by atoms with Gasteiger partial charge in [0.15, 0.2) is 0 Å². The molecule has 0 aliphatic heterocycles. The molecule has 0 saturated heterocycles. The molecule has 5 nitrogen and oxygen atoms in total. The number of carbonyl (C=O) groups is 2. The maximum Gasteiger partial charge on any atom is 0.325 e. The summed E-state index contributed by atoms with van der Waals surface area (Å²) in [6, 6.07) is 3.40. The summed E-state index contributed by atoms with van der Waals surface area (Å²) in [7, 11) is 0. The number of nitrogens with two attached hydrogens (primary N) is 1. The average Bonchev–Trinajstić information content (AvgIpc) is 2.82. The number of hydrogen-bond donors (Lipinski definition) is 2. The highest BCUT2D eigenvalue weighted by atomic mass is 32.1. The minimum Gasteiger partial charge on any atom is -0.465 e. The van der Waals surface area contributed by atoms with Gasteiger partial charge in [-0.25, -0.2) is 0 Å². The molecule has 1 amide bonds. The zero-order chi connectivity index (χ0) is 13.4.